The minimum atomic E-state index is -0.464. The first-order valence-electron chi connectivity index (χ1n) is 7.42. The number of nitriles is 1. The number of hydrogen-bond donors (Lipinski definition) is 0. The van der Waals surface area contributed by atoms with Gasteiger partial charge in [-0.3, -0.25) is 15.1 Å². The van der Waals surface area contributed by atoms with Gasteiger partial charge < -0.3 is 4.57 Å². The lowest BCUT2D eigenvalue weighted by Gasteiger charge is -2.07. The number of thioether (sulfide) groups is 1. The van der Waals surface area contributed by atoms with E-state index in [1.807, 2.05) is 29.8 Å². The van der Waals surface area contributed by atoms with Crippen LogP contribution < -0.4 is 0 Å². The average molecular weight is 364 g/mol. The van der Waals surface area contributed by atoms with E-state index >= 15 is 0 Å². The normalized spacial score (nSPS) is 11.2. The summed E-state index contributed by atoms with van der Waals surface area (Å²) in [6.07, 6.45) is 4.73. The van der Waals surface area contributed by atoms with E-state index in [1.54, 1.807) is 24.5 Å². The highest BCUT2D eigenvalue weighted by atomic mass is 32.2. The van der Waals surface area contributed by atoms with Gasteiger partial charge in [-0.2, -0.15) is 5.26 Å². The molecule has 2 heterocycles. The standard InChI is InChI=1S/C17H12N6O2S/c1-22-16(13-7-10-19-11-8-13)20-21-17(22)26-15(6-9-18)12-2-4-14(5-3-12)23(24)25/h2-8,10-11H,1H3/b15-6-. The van der Waals surface area contributed by atoms with Gasteiger partial charge in [0.05, 0.1) is 11.0 Å². The second kappa shape index (κ2) is 7.58. The summed E-state index contributed by atoms with van der Waals surface area (Å²) in [6, 6.07) is 11.7. The minimum Gasteiger partial charge on any atom is -0.305 e. The van der Waals surface area contributed by atoms with E-state index < -0.39 is 4.92 Å². The maximum absolute atomic E-state index is 10.8. The number of allylic oxidation sites excluding steroid dienone is 1. The third kappa shape index (κ3) is 3.60. The van der Waals surface area contributed by atoms with Crippen molar-refractivity contribution in [1.29, 1.82) is 5.26 Å². The van der Waals surface area contributed by atoms with Crippen LogP contribution in [0.3, 0.4) is 0 Å². The van der Waals surface area contributed by atoms with E-state index in [0.717, 1.165) is 5.56 Å². The monoisotopic (exact) mass is 364 g/mol. The number of aromatic nitrogens is 4. The van der Waals surface area contributed by atoms with Crippen molar-refractivity contribution in [3.05, 3.63) is 70.5 Å². The van der Waals surface area contributed by atoms with Crippen molar-refractivity contribution < 1.29 is 4.92 Å². The predicted molar refractivity (Wildman–Crippen MR) is 96.8 cm³/mol. The SMILES string of the molecule is Cn1c(S/C(=C\C#N)c2ccc([N+](=O)[O-])cc2)nnc1-c1ccncc1. The molecule has 0 spiro atoms. The fourth-order valence-electron chi connectivity index (χ4n) is 2.23. The third-order valence-corrected chi connectivity index (χ3v) is 4.64. The topological polar surface area (TPSA) is 111 Å². The molecule has 0 saturated carbocycles. The Kier molecular flexibility index (Phi) is 5.05. The van der Waals surface area contributed by atoms with Gasteiger partial charge in [-0.15, -0.1) is 10.2 Å². The Morgan fingerprint density at radius 1 is 1.23 bits per heavy atom. The first-order valence-corrected chi connectivity index (χ1v) is 8.24. The van der Waals surface area contributed by atoms with Gasteiger partial charge in [0, 0.05) is 48.1 Å². The molecule has 0 bridgehead atoms. The van der Waals surface area contributed by atoms with Crippen LogP contribution in [0.15, 0.2) is 60.0 Å². The largest absolute Gasteiger partial charge is 0.305 e. The molecule has 0 amide bonds. The Hall–Kier alpha value is -3.51. The summed E-state index contributed by atoms with van der Waals surface area (Å²) in [5.41, 5.74) is 1.56. The molecule has 0 saturated heterocycles. The van der Waals surface area contributed by atoms with Crippen molar-refractivity contribution in [1.82, 2.24) is 19.7 Å². The predicted octanol–water partition coefficient (Wildman–Crippen LogP) is 3.44. The highest BCUT2D eigenvalue weighted by Gasteiger charge is 2.15. The van der Waals surface area contributed by atoms with Gasteiger partial charge in [0.2, 0.25) is 0 Å². The molecule has 0 fully saturated rings. The maximum atomic E-state index is 10.8. The summed E-state index contributed by atoms with van der Waals surface area (Å²) in [5, 5.41) is 28.8. The first-order chi connectivity index (χ1) is 12.6. The van der Waals surface area contributed by atoms with Gasteiger partial charge in [-0.1, -0.05) is 0 Å². The van der Waals surface area contributed by atoms with E-state index in [4.69, 9.17) is 5.26 Å². The van der Waals surface area contributed by atoms with Crippen LogP contribution in [0.2, 0.25) is 0 Å². The van der Waals surface area contributed by atoms with Crippen LogP contribution >= 0.6 is 11.8 Å². The first kappa shape index (κ1) is 17.3. The molecular weight excluding hydrogens is 352 g/mol. The molecule has 1 aromatic carbocycles. The van der Waals surface area contributed by atoms with E-state index in [-0.39, 0.29) is 5.69 Å². The van der Waals surface area contributed by atoms with E-state index in [1.165, 1.54) is 30.0 Å². The molecule has 0 aliphatic heterocycles. The van der Waals surface area contributed by atoms with Gasteiger partial charge in [0.25, 0.3) is 5.69 Å². The summed E-state index contributed by atoms with van der Waals surface area (Å²) in [5.74, 6) is 0.676. The zero-order valence-electron chi connectivity index (χ0n) is 13.6. The highest BCUT2D eigenvalue weighted by Crippen LogP contribution is 2.34. The van der Waals surface area contributed by atoms with Gasteiger partial charge in [0.1, 0.15) is 0 Å². The fraction of sp³-hybridized carbons (Fsp3) is 0.0588. The zero-order chi connectivity index (χ0) is 18.5. The van der Waals surface area contributed by atoms with Crippen molar-refractivity contribution in [2.75, 3.05) is 0 Å². The second-order valence-corrected chi connectivity index (χ2v) is 6.15. The Morgan fingerprint density at radius 2 is 1.92 bits per heavy atom. The van der Waals surface area contributed by atoms with Crippen molar-refractivity contribution in [2.45, 2.75) is 5.16 Å². The molecular formula is C17H12N6O2S. The molecule has 3 rings (SSSR count). The van der Waals surface area contributed by atoms with Gasteiger partial charge in [-0.25, -0.2) is 0 Å². The van der Waals surface area contributed by atoms with E-state index in [2.05, 4.69) is 15.2 Å². The molecule has 0 unspecified atom stereocenters. The Balaban J connectivity index is 1.90. The van der Waals surface area contributed by atoms with Crippen LogP contribution in [0.1, 0.15) is 5.56 Å². The minimum absolute atomic E-state index is 0.00584. The van der Waals surface area contributed by atoms with Crippen molar-refractivity contribution in [3.63, 3.8) is 0 Å². The quantitative estimate of drug-likeness (QED) is 0.295. The Bertz CT molecular complexity index is 1010. The lowest BCUT2D eigenvalue weighted by molar-refractivity contribution is -0.384. The number of hydrogen-bond acceptors (Lipinski definition) is 7. The maximum Gasteiger partial charge on any atom is 0.269 e. The van der Waals surface area contributed by atoms with Gasteiger partial charge in [0.15, 0.2) is 11.0 Å². The molecule has 128 valence electrons. The summed E-state index contributed by atoms with van der Waals surface area (Å²) in [6.45, 7) is 0. The number of nitrogens with zero attached hydrogens (tertiary/aromatic N) is 6. The molecule has 0 aliphatic rings. The number of benzene rings is 1. The molecule has 8 nitrogen and oxygen atoms in total. The lowest BCUT2D eigenvalue weighted by atomic mass is 10.2. The molecule has 0 atom stereocenters. The van der Waals surface area contributed by atoms with Crippen molar-refractivity contribution in [2.24, 2.45) is 7.05 Å². The van der Waals surface area contributed by atoms with Crippen LogP contribution in [0, 0.1) is 21.4 Å². The molecule has 3 aromatic rings. The Labute approximate surface area is 153 Å². The average Bonchev–Trinajstić information content (AvgIpc) is 3.02. The number of nitro benzene ring substituents is 1. The van der Waals surface area contributed by atoms with Gasteiger partial charge >= 0.3 is 0 Å². The number of nitro groups is 1. The number of pyridine rings is 1. The van der Waals surface area contributed by atoms with E-state index in [9.17, 15) is 10.1 Å². The Morgan fingerprint density at radius 3 is 2.54 bits per heavy atom. The molecule has 0 aliphatic carbocycles. The van der Waals surface area contributed by atoms with E-state index in [0.29, 0.717) is 21.4 Å². The molecule has 26 heavy (non-hydrogen) atoms. The summed E-state index contributed by atoms with van der Waals surface area (Å²) >= 11 is 1.27. The fourth-order valence-corrected chi connectivity index (χ4v) is 3.10. The lowest BCUT2D eigenvalue weighted by Crippen LogP contribution is -1.95. The molecule has 2 aromatic heterocycles. The van der Waals surface area contributed by atoms with Crippen molar-refractivity contribution >= 4 is 22.4 Å². The van der Waals surface area contributed by atoms with Crippen LogP contribution in [-0.2, 0) is 7.05 Å². The molecule has 9 heteroatoms. The zero-order valence-corrected chi connectivity index (χ0v) is 14.4. The molecule has 0 radical (unpaired) electrons. The third-order valence-electron chi connectivity index (χ3n) is 3.53. The van der Waals surface area contributed by atoms with Gasteiger partial charge in [-0.05, 0) is 41.6 Å². The highest BCUT2D eigenvalue weighted by molar-refractivity contribution is 8.08. The van der Waals surface area contributed by atoms with Crippen LogP contribution in [-0.4, -0.2) is 24.7 Å². The second-order valence-electron chi connectivity index (χ2n) is 5.14. The van der Waals surface area contributed by atoms with Crippen LogP contribution in [0.4, 0.5) is 5.69 Å². The molecule has 0 N–H and O–H groups in total. The van der Waals surface area contributed by atoms with Crippen LogP contribution in [0.25, 0.3) is 16.3 Å². The summed E-state index contributed by atoms with van der Waals surface area (Å²) in [4.78, 5) is 14.9. The number of rotatable bonds is 5. The summed E-state index contributed by atoms with van der Waals surface area (Å²) < 4.78 is 1.82. The number of non-ortho nitro benzene ring substituents is 1. The van der Waals surface area contributed by atoms with Crippen LogP contribution in [0.5, 0.6) is 0 Å². The smallest absolute Gasteiger partial charge is 0.269 e. The van der Waals surface area contributed by atoms with Crippen molar-refractivity contribution in [3.8, 4) is 17.5 Å². The summed E-state index contributed by atoms with van der Waals surface area (Å²) in [7, 11) is 1.83.